The minimum Gasteiger partial charge on any atom is -0.343 e. The summed E-state index contributed by atoms with van der Waals surface area (Å²) in [5.41, 5.74) is 1.53. The van der Waals surface area contributed by atoms with E-state index >= 15 is 0 Å². The SMILES string of the molecule is O=C(CN1CCN(C(=O)c2ccccc2)CC1)NC(c1ccc(F)cc1)c1cccs1. The number of nitrogens with zero attached hydrogens (tertiary/aromatic N) is 2. The van der Waals surface area contributed by atoms with Crippen LogP contribution in [0.4, 0.5) is 4.39 Å². The van der Waals surface area contributed by atoms with E-state index in [4.69, 9.17) is 0 Å². The number of hydrogen-bond donors (Lipinski definition) is 1. The minimum absolute atomic E-state index is 0.0266. The first-order valence-corrected chi connectivity index (χ1v) is 11.1. The van der Waals surface area contributed by atoms with Gasteiger partial charge in [0, 0.05) is 36.6 Å². The number of nitrogens with one attached hydrogen (secondary N) is 1. The van der Waals surface area contributed by atoms with Crippen LogP contribution in [0.25, 0.3) is 0 Å². The Balaban J connectivity index is 1.34. The van der Waals surface area contributed by atoms with Crippen molar-refractivity contribution in [1.29, 1.82) is 0 Å². The number of hydrogen-bond acceptors (Lipinski definition) is 4. The highest BCUT2D eigenvalue weighted by Crippen LogP contribution is 2.26. The number of halogens is 1. The van der Waals surface area contributed by atoms with Gasteiger partial charge in [-0.1, -0.05) is 36.4 Å². The summed E-state index contributed by atoms with van der Waals surface area (Å²) in [5, 5.41) is 5.05. The zero-order chi connectivity index (χ0) is 21.6. The Labute approximate surface area is 185 Å². The lowest BCUT2D eigenvalue weighted by molar-refractivity contribution is -0.123. The maximum absolute atomic E-state index is 13.3. The Morgan fingerprint density at radius 3 is 2.29 bits per heavy atom. The topological polar surface area (TPSA) is 52.7 Å². The van der Waals surface area contributed by atoms with E-state index in [0.717, 1.165) is 10.4 Å². The maximum atomic E-state index is 13.3. The van der Waals surface area contributed by atoms with E-state index in [1.54, 1.807) is 23.5 Å². The van der Waals surface area contributed by atoms with E-state index in [1.807, 2.05) is 52.7 Å². The molecule has 0 aliphatic carbocycles. The van der Waals surface area contributed by atoms with Gasteiger partial charge in [0.05, 0.1) is 12.6 Å². The lowest BCUT2D eigenvalue weighted by atomic mass is 10.1. The molecule has 31 heavy (non-hydrogen) atoms. The lowest BCUT2D eigenvalue weighted by Crippen LogP contribution is -2.51. The third-order valence-corrected chi connectivity index (χ3v) is 6.32. The van der Waals surface area contributed by atoms with Crippen molar-refractivity contribution in [3.63, 3.8) is 0 Å². The van der Waals surface area contributed by atoms with Gasteiger partial charge in [-0.25, -0.2) is 4.39 Å². The molecule has 5 nitrogen and oxygen atoms in total. The Morgan fingerprint density at radius 2 is 1.65 bits per heavy atom. The molecule has 1 saturated heterocycles. The smallest absolute Gasteiger partial charge is 0.253 e. The summed E-state index contributed by atoms with van der Waals surface area (Å²) in [4.78, 5) is 30.3. The molecule has 1 unspecified atom stereocenters. The van der Waals surface area contributed by atoms with Crippen molar-refractivity contribution in [2.24, 2.45) is 0 Å². The fourth-order valence-corrected chi connectivity index (χ4v) is 4.51. The van der Waals surface area contributed by atoms with E-state index in [2.05, 4.69) is 10.2 Å². The summed E-state index contributed by atoms with van der Waals surface area (Å²) < 4.78 is 13.3. The van der Waals surface area contributed by atoms with Crippen LogP contribution in [0.5, 0.6) is 0 Å². The van der Waals surface area contributed by atoms with Crippen molar-refractivity contribution < 1.29 is 14.0 Å². The van der Waals surface area contributed by atoms with Gasteiger partial charge in [0.15, 0.2) is 0 Å². The van der Waals surface area contributed by atoms with Gasteiger partial charge >= 0.3 is 0 Å². The second-order valence-electron chi connectivity index (χ2n) is 7.50. The highest BCUT2D eigenvalue weighted by Gasteiger charge is 2.24. The van der Waals surface area contributed by atoms with Gasteiger partial charge in [-0.15, -0.1) is 11.3 Å². The summed E-state index contributed by atoms with van der Waals surface area (Å²) in [6, 6.07) is 19.1. The molecule has 2 heterocycles. The van der Waals surface area contributed by atoms with Crippen LogP contribution in [0.2, 0.25) is 0 Å². The summed E-state index contributed by atoms with van der Waals surface area (Å²) in [7, 11) is 0. The normalized spacial score (nSPS) is 15.5. The Kier molecular flexibility index (Phi) is 6.74. The molecule has 160 valence electrons. The zero-order valence-corrected chi connectivity index (χ0v) is 17.9. The number of benzene rings is 2. The fourth-order valence-electron chi connectivity index (χ4n) is 3.71. The molecule has 1 N–H and O–H groups in total. The molecule has 0 bridgehead atoms. The molecule has 1 atom stereocenters. The number of piperazine rings is 1. The first-order valence-electron chi connectivity index (χ1n) is 10.2. The van der Waals surface area contributed by atoms with E-state index in [1.165, 1.54) is 12.1 Å². The van der Waals surface area contributed by atoms with E-state index in [0.29, 0.717) is 31.7 Å². The molecule has 1 aliphatic heterocycles. The summed E-state index contributed by atoms with van der Waals surface area (Å²) in [6.07, 6.45) is 0. The van der Waals surface area contributed by atoms with Crippen LogP contribution in [0, 0.1) is 5.82 Å². The predicted octanol–water partition coefficient (Wildman–Crippen LogP) is 3.55. The highest BCUT2D eigenvalue weighted by molar-refractivity contribution is 7.10. The van der Waals surface area contributed by atoms with Crippen molar-refractivity contribution >= 4 is 23.2 Å². The minimum atomic E-state index is -0.311. The largest absolute Gasteiger partial charge is 0.343 e. The van der Waals surface area contributed by atoms with Gasteiger partial charge < -0.3 is 10.2 Å². The first kappa shape index (κ1) is 21.2. The number of thiophene rings is 1. The number of carbonyl (C=O) groups is 2. The van der Waals surface area contributed by atoms with E-state index in [9.17, 15) is 14.0 Å². The molecule has 2 aromatic carbocycles. The van der Waals surface area contributed by atoms with Crippen LogP contribution < -0.4 is 5.32 Å². The van der Waals surface area contributed by atoms with Gasteiger partial charge in [0.2, 0.25) is 5.91 Å². The molecule has 1 fully saturated rings. The number of amides is 2. The van der Waals surface area contributed by atoms with E-state index in [-0.39, 0.29) is 30.2 Å². The average molecular weight is 438 g/mol. The molecule has 3 aromatic rings. The van der Waals surface area contributed by atoms with Crippen LogP contribution in [-0.4, -0.2) is 54.3 Å². The Hall–Kier alpha value is -3.03. The second-order valence-corrected chi connectivity index (χ2v) is 8.48. The van der Waals surface area contributed by atoms with Gasteiger partial charge in [-0.2, -0.15) is 0 Å². The van der Waals surface area contributed by atoms with Gasteiger partial charge in [0.25, 0.3) is 5.91 Å². The molecule has 2 amide bonds. The molecule has 0 spiro atoms. The van der Waals surface area contributed by atoms with Crippen molar-refractivity contribution in [2.45, 2.75) is 6.04 Å². The maximum Gasteiger partial charge on any atom is 0.253 e. The molecular weight excluding hydrogens is 413 g/mol. The first-order chi connectivity index (χ1) is 15.1. The molecular formula is C24H24FN3O2S. The van der Waals surface area contributed by atoms with E-state index < -0.39 is 0 Å². The summed E-state index contributed by atoms with van der Waals surface area (Å²) in [6.45, 7) is 2.73. The van der Waals surface area contributed by atoms with Crippen LogP contribution in [-0.2, 0) is 4.79 Å². The fraction of sp³-hybridized carbons (Fsp3) is 0.250. The molecule has 7 heteroatoms. The van der Waals surface area contributed by atoms with Crippen molar-refractivity contribution in [1.82, 2.24) is 15.1 Å². The zero-order valence-electron chi connectivity index (χ0n) is 17.0. The molecule has 0 saturated carbocycles. The quantitative estimate of drug-likeness (QED) is 0.642. The number of rotatable bonds is 6. The van der Waals surface area contributed by atoms with Crippen molar-refractivity contribution in [3.8, 4) is 0 Å². The van der Waals surface area contributed by atoms with Gasteiger partial charge in [-0.05, 0) is 41.3 Å². The van der Waals surface area contributed by atoms with Crippen LogP contribution in [0.15, 0.2) is 72.1 Å². The van der Waals surface area contributed by atoms with Gasteiger partial charge in [-0.3, -0.25) is 14.5 Å². The second kappa shape index (κ2) is 9.85. The van der Waals surface area contributed by atoms with Gasteiger partial charge in [0.1, 0.15) is 5.82 Å². The third kappa shape index (κ3) is 5.37. The molecule has 4 rings (SSSR count). The van der Waals surface area contributed by atoms with Crippen molar-refractivity contribution in [2.75, 3.05) is 32.7 Å². The Morgan fingerprint density at radius 1 is 0.935 bits per heavy atom. The van der Waals surface area contributed by atoms with Crippen LogP contribution >= 0.6 is 11.3 Å². The van der Waals surface area contributed by atoms with Crippen LogP contribution in [0.3, 0.4) is 0 Å². The number of carbonyl (C=O) groups excluding carboxylic acids is 2. The lowest BCUT2D eigenvalue weighted by Gasteiger charge is -2.34. The molecule has 1 aliphatic rings. The highest BCUT2D eigenvalue weighted by atomic mass is 32.1. The molecule has 1 aromatic heterocycles. The summed E-state index contributed by atoms with van der Waals surface area (Å²) in [5.74, 6) is -0.368. The third-order valence-electron chi connectivity index (χ3n) is 5.38. The Bertz CT molecular complexity index is 1000. The predicted molar refractivity (Wildman–Crippen MR) is 119 cm³/mol. The summed E-state index contributed by atoms with van der Waals surface area (Å²) >= 11 is 1.55. The monoisotopic (exact) mass is 437 g/mol. The standard InChI is InChI=1S/C24H24FN3O2S/c25-20-10-8-18(9-11-20)23(21-7-4-16-31-21)26-22(29)17-27-12-14-28(15-13-27)24(30)19-5-2-1-3-6-19/h1-11,16,23H,12-15,17H2,(H,26,29). The average Bonchev–Trinajstić information content (AvgIpc) is 3.33. The van der Waals surface area contributed by atoms with Crippen LogP contribution in [0.1, 0.15) is 26.8 Å². The van der Waals surface area contributed by atoms with Crippen molar-refractivity contribution in [3.05, 3.63) is 93.9 Å². The molecule has 0 radical (unpaired) electrons.